The van der Waals surface area contributed by atoms with Crippen LogP contribution in [0.4, 0.5) is 5.69 Å². The lowest BCUT2D eigenvalue weighted by Gasteiger charge is -2.31. The van der Waals surface area contributed by atoms with E-state index in [4.69, 9.17) is 5.73 Å². The summed E-state index contributed by atoms with van der Waals surface area (Å²) >= 11 is 0. The van der Waals surface area contributed by atoms with Crippen LogP contribution in [0.1, 0.15) is 42.6 Å². The van der Waals surface area contributed by atoms with E-state index in [-0.39, 0.29) is 11.3 Å². The zero-order chi connectivity index (χ0) is 15.3. The van der Waals surface area contributed by atoms with Gasteiger partial charge in [0.05, 0.1) is 10.5 Å². The molecule has 0 fully saturated rings. The van der Waals surface area contributed by atoms with Gasteiger partial charge in [0.25, 0.3) is 11.6 Å². The number of amides is 1. The minimum atomic E-state index is -0.522. The molecule has 0 radical (unpaired) electrons. The SMILES string of the molecule is CCC(CC)(CN)NC(=O)c1cccc(C)c1[N+](=O)[O-]. The summed E-state index contributed by atoms with van der Waals surface area (Å²) in [7, 11) is 0. The first-order valence-corrected chi connectivity index (χ1v) is 6.67. The molecule has 3 N–H and O–H groups in total. The zero-order valence-electron chi connectivity index (χ0n) is 12.1. The van der Waals surface area contributed by atoms with Gasteiger partial charge in [0, 0.05) is 12.1 Å². The van der Waals surface area contributed by atoms with Gasteiger partial charge in [0.2, 0.25) is 0 Å². The average molecular weight is 279 g/mol. The van der Waals surface area contributed by atoms with Crippen molar-refractivity contribution in [1.29, 1.82) is 0 Å². The molecule has 0 unspecified atom stereocenters. The van der Waals surface area contributed by atoms with Crippen LogP contribution in [0.2, 0.25) is 0 Å². The fraction of sp³-hybridized carbons (Fsp3) is 0.500. The summed E-state index contributed by atoms with van der Waals surface area (Å²) in [6, 6.07) is 4.72. The summed E-state index contributed by atoms with van der Waals surface area (Å²) in [5, 5.41) is 14.0. The molecular formula is C14H21N3O3. The first-order chi connectivity index (χ1) is 9.40. The largest absolute Gasteiger partial charge is 0.345 e. The van der Waals surface area contributed by atoms with Gasteiger partial charge in [-0.15, -0.1) is 0 Å². The molecule has 0 aliphatic carbocycles. The molecule has 1 amide bonds. The molecule has 6 heteroatoms. The Hall–Kier alpha value is -1.95. The van der Waals surface area contributed by atoms with Crippen LogP contribution in [0.25, 0.3) is 0 Å². The van der Waals surface area contributed by atoms with Crippen molar-refractivity contribution in [2.75, 3.05) is 6.54 Å². The number of nitrogens with one attached hydrogen (secondary N) is 1. The number of para-hydroxylation sites is 1. The highest BCUT2D eigenvalue weighted by Crippen LogP contribution is 2.24. The van der Waals surface area contributed by atoms with Crippen LogP contribution in [0, 0.1) is 17.0 Å². The zero-order valence-corrected chi connectivity index (χ0v) is 12.1. The molecule has 0 atom stereocenters. The monoisotopic (exact) mass is 279 g/mol. The molecule has 20 heavy (non-hydrogen) atoms. The summed E-state index contributed by atoms with van der Waals surface area (Å²) in [6.45, 7) is 5.78. The molecule has 6 nitrogen and oxygen atoms in total. The van der Waals surface area contributed by atoms with Gasteiger partial charge in [0.15, 0.2) is 0 Å². The standard InChI is InChI=1S/C14H21N3O3/c1-4-14(5-2,9-15)16-13(18)11-8-6-7-10(3)12(11)17(19)20/h6-8H,4-5,9,15H2,1-3H3,(H,16,18). The smallest absolute Gasteiger partial charge is 0.285 e. The Bertz CT molecular complexity index is 502. The average Bonchev–Trinajstić information content (AvgIpc) is 2.44. The molecule has 110 valence electrons. The summed E-state index contributed by atoms with van der Waals surface area (Å²) in [4.78, 5) is 22.9. The number of nitro groups is 1. The molecule has 0 heterocycles. The van der Waals surface area contributed by atoms with Crippen molar-refractivity contribution in [3.8, 4) is 0 Å². The molecule has 0 aromatic heterocycles. The third-order valence-corrected chi connectivity index (χ3v) is 3.79. The predicted octanol–water partition coefficient (Wildman–Crippen LogP) is 2.15. The van der Waals surface area contributed by atoms with E-state index in [1.165, 1.54) is 6.07 Å². The van der Waals surface area contributed by atoms with E-state index in [0.29, 0.717) is 24.9 Å². The number of hydrogen-bond acceptors (Lipinski definition) is 4. The second-order valence-corrected chi connectivity index (χ2v) is 4.87. The maximum Gasteiger partial charge on any atom is 0.285 e. The second-order valence-electron chi connectivity index (χ2n) is 4.87. The number of carbonyl (C=O) groups excluding carboxylic acids is 1. The number of nitro benzene ring substituents is 1. The number of hydrogen-bond donors (Lipinski definition) is 2. The lowest BCUT2D eigenvalue weighted by Crippen LogP contribution is -2.53. The number of nitrogens with two attached hydrogens (primary N) is 1. The fourth-order valence-corrected chi connectivity index (χ4v) is 2.16. The Morgan fingerprint density at radius 1 is 1.40 bits per heavy atom. The maximum atomic E-state index is 12.3. The van der Waals surface area contributed by atoms with Crippen molar-refractivity contribution in [2.24, 2.45) is 5.73 Å². The minimum absolute atomic E-state index is 0.0784. The van der Waals surface area contributed by atoms with Crippen molar-refractivity contribution in [2.45, 2.75) is 39.2 Å². The Labute approximate surface area is 118 Å². The van der Waals surface area contributed by atoms with Gasteiger partial charge in [-0.05, 0) is 25.8 Å². The number of rotatable bonds is 6. The summed E-state index contributed by atoms with van der Waals surface area (Å²) in [5.74, 6) is -0.449. The van der Waals surface area contributed by atoms with Crippen molar-refractivity contribution >= 4 is 11.6 Å². The molecule has 0 saturated carbocycles. The first kappa shape index (κ1) is 16.1. The molecule has 0 saturated heterocycles. The first-order valence-electron chi connectivity index (χ1n) is 6.67. The summed E-state index contributed by atoms with van der Waals surface area (Å²) in [5.41, 5.74) is 5.61. The van der Waals surface area contributed by atoms with Gasteiger partial charge >= 0.3 is 0 Å². The Balaban J connectivity index is 3.16. The van der Waals surface area contributed by atoms with Crippen molar-refractivity contribution < 1.29 is 9.72 Å². The molecule has 1 aromatic rings. The molecule has 0 bridgehead atoms. The van der Waals surface area contributed by atoms with Gasteiger partial charge in [-0.2, -0.15) is 0 Å². The van der Waals surface area contributed by atoms with E-state index < -0.39 is 16.4 Å². The van der Waals surface area contributed by atoms with Crippen molar-refractivity contribution in [1.82, 2.24) is 5.32 Å². The van der Waals surface area contributed by atoms with Crippen LogP contribution < -0.4 is 11.1 Å². The van der Waals surface area contributed by atoms with E-state index in [0.717, 1.165) is 0 Å². The third-order valence-electron chi connectivity index (χ3n) is 3.79. The second kappa shape index (κ2) is 6.47. The Kier molecular flexibility index (Phi) is 5.21. The highest BCUT2D eigenvalue weighted by Gasteiger charge is 2.30. The van der Waals surface area contributed by atoms with E-state index in [1.54, 1.807) is 19.1 Å². The third kappa shape index (κ3) is 3.14. The van der Waals surface area contributed by atoms with Gasteiger partial charge in [-0.1, -0.05) is 26.0 Å². The Morgan fingerprint density at radius 2 is 2.00 bits per heavy atom. The molecular weight excluding hydrogens is 258 g/mol. The molecule has 0 aliphatic rings. The van der Waals surface area contributed by atoms with E-state index >= 15 is 0 Å². The lowest BCUT2D eigenvalue weighted by molar-refractivity contribution is -0.385. The Morgan fingerprint density at radius 3 is 2.45 bits per heavy atom. The fourth-order valence-electron chi connectivity index (χ4n) is 2.16. The maximum absolute atomic E-state index is 12.3. The number of nitrogens with zero attached hydrogens (tertiary/aromatic N) is 1. The summed E-state index contributed by atoms with van der Waals surface area (Å²) in [6.07, 6.45) is 1.34. The summed E-state index contributed by atoms with van der Waals surface area (Å²) < 4.78 is 0. The predicted molar refractivity (Wildman–Crippen MR) is 77.7 cm³/mol. The van der Waals surface area contributed by atoms with Crippen molar-refractivity contribution in [3.63, 3.8) is 0 Å². The van der Waals surface area contributed by atoms with Gasteiger partial charge in [0.1, 0.15) is 5.56 Å². The van der Waals surface area contributed by atoms with Crippen LogP contribution >= 0.6 is 0 Å². The van der Waals surface area contributed by atoms with Crippen LogP contribution in [0.15, 0.2) is 18.2 Å². The highest BCUT2D eigenvalue weighted by atomic mass is 16.6. The molecule has 1 aromatic carbocycles. The van der Waals surface area contributed by atoms with E-state index in [2.05, 4.69) is 5.32 Å². The quantitative estimate of drug-likeness (QED) is 0.615. The van der Waals surface area contributed by atoms with Crippen LogP contribution in [-0.4, -0.2) is 22.9 Å². The van der Waals surface area contributed by atoms with Crippen molar-refractivity contribution in [3.05, 3.63) is 39.4 Å². The van der Waals surface area contributed by atoms with Gasteiger partial charge in [-0.25, -0.2) is 0 Å². The lowest BCUT2D eigenvalue weighted by atomic mass is 9.92. The van der Waals surface area contributed by atoms with Crippen LogP contribution in [-0.2, 0) is 0 Å². The van der Waals surface area contributed by atoms with Gasteiger partial charge < -0.3 is 11.1 Å². The van der Waals surface area contributed by atoms with Crippen LogP contribution in [0.5, 0.6) is 0 Å². The molecule has 1 rings (SSSR count). The number of aryl methyl sites for hydroxylation is 1. The number of carbonyl (C=O) groups is 1. The van der Waals surface area contributed by atoms with Crippen LogP contribution in [0.3, 0.4) is 0 Å². The van der Waals surface area contributed by atoms with E-state index in [1.807, 2.05) is 13.8 Å². The highest BCUT2D eigenvalue weighted by molar-refractivity contribution is 5.99. The molecule has 0 spiro atoms. The van der Waals surface area contributed by atoms with Gasteiger partial charge in [-0.3, -0.25) is 14.9 Å². The van der Waals surface area contributed by atoms with E-state index in [9.17, 15) is 14.9 Å². The molecule has 0 aliphatic heterocycles. The topological polar surface area (TPSA) is 98.3 Å². The minimum Gasteiger partial charge on any atom is -0.345 e. The normalized spacial score (nSPS) is 11.2. The number of benzene rings is 1.